The lowest BCUT2D eigenvalue weighted by Crippen LogP contribution is -1.94. The normalized spacial score (nSPS) is 10.1. The Morgan fingerprint density at radius 1 is 1.19 bits per heavy atom. The molecule has 2 aromatic rings. The van der Waals surface area contributed by atoms with Gasteiger partial charge in [0.05, 0.1) is 7.11 Å². The van der Waals surface area contributed by atoms with Crippen molar-refractivity contribution >= 4 is 0 Å². The molecule has 0 aliphatic heterocycles. The Kier molecular flexibility index (Phi) is 2.68. The number of hydrogen-bond acceptors (Lipinski definition) is 4. The van der Waals surface area contributed by atoms with Crippen molar-refractivity contribution in [3.63, 3.8) is 0 Å². The predicted octanol–water partition coefficient (Wildman–Crippen LogP) is 2.00. The third-order valence-corrected chi connectivity index (χ3v) is 2.01. The Morgan fingerprint density at radius 2 is 1.94 bits per heavy atom. The first kappa shape index (κ1) is 10.4. The average molecular weight is 220 g/mol. The second-order valence-corrected chi connectivity index (χ2v) is 3.11. The highest BCUT2D eigenvalue weighted by molar-refractivity contribution is 5.65. The van der Waals surface area contributed by atoms with Gasteiger partial charge in [-0.2, -0.15) is 0 Å². The van der Waals surface area contributed by atoms with Gasteiger partial charge in [-0.05, 0) is 12.1 Å². The molecule has 4 nitrogen and oxygen atoms in total. The highest BCUT2D eigenvalue weighted by Crippen LogP contribution is 2.28. The number of ether oxygens (including phenoxy) is 1. The molecule has 2 rings (SSSR count). The number of aromatic hydroxyl groups is 1. The van der Waals surface area contributed by atoms with Crippen molar-refractivity contribution in [3.8, 4) is 22.9 Å². The van der Waals surface area contributed by atoms with Gasteiger partial charge < -0.3 is 9.84 Å². The minimum atomic E-state index is -0.539. The number of hydrogen-bond donors (Lipinski definition) is 1. The van der Waals surface area contributed by atoms with E-state index >= 15 is 0 Å². The predicted molar refractivity (Wildman–Crippen MR) is 55.6 cm³/mol. The molecule has 0 aliphatic carbocycles. The smallest absolute Gasteiger partial charge is 0.240 e. The van der Waals surface area contributed by atoms with E-state index in [1.54, 1.807) is 0 Å². The topological polar surface area (TPSA) is 55.2 Å². The lowest BCUT2D eigenvalue weighted by Gasteiger charge is -2.06. The van der Waals surface area contributed by atoms with Crippen molar-refractivity contribution in [1.82, 2.24) is 9.97 Å². The molecular weight excluding hydrogens is 211 g/mol. The fourth-order valence-electron chi connectivity index (χ4n) is 1.38. The van der Waals surface area contributed by atoms with Gasteiger partial charge in [0.1, 0.15) is 17.3 Å². The molecule has 5 heteroatoms. The molecule has 1 heterocycles. The number of rotatable bonds is 2. The van der Waals surface area contributed by atoms with E-state index in [4.69, 9.17) is 4.74 Å². The molecule has 0 saturated heterocycles. The summed E-state index contributed by atoms with van der Waals surface area (Å²) in [6, 6.07) is 3.67. The summed E-state index contributed by atoms with van der Waals surface area (Å²) in [5.41, 5.74) is 0.808. The second-order valence-electron chi connectivity index (χ2n) is 3.11. The summed E-state index contributed by atoms with van der Waals surface area (Å²) in [7, 11) is 1.45. The van der Waals surface area contributed by atoms with E-state index in [1.165, 1.54) is 31.6 Å². The van der Waals surface area contributed by atoms with Crippen LogP contribution in [0.2, 0.25) is 0 Å². The van der Waals surface area contributed by atoms with Gasteiger partial charge in [0.25, 0.3) is 0 Å². The van der Waals surface area contributed by atoms with Crippen molar-refractivity contribution in [3.05, 3.63) is 36.4 Å². The Balaban J connectivity index is 2.58. The molecule has 0 radical (unpaired) electrons. The maximum absolute atomic E-state index is 13.1. The van der Waals surface area contributed by atoms with Gasteiger partial charge in [0.15, 0.2) is 0 Å². The third-order valence-electron chi connectivity index (χ3n) is 2.01. The minimum absolute atomic E-state index is 0.164. The average Bonchev–Trinajstić information content (AvgIpc) is 2.27. The molecule has 82 valence electrons. The summed E-state index contributed by atoms with van der Waals surface area (Å²) in [5, 5.41) is 9.29. The molecule has 1 N–H and O–H groups in total. The summed E-state index contributed by atoms with van der Waals surface area (Å²) in [6.07, 6.45) is 2.95. The van der Waals surface area contributed by atoms with Crippen molar-refractivity contribution in [1.29, 1.82) is 0 Å². The maximum Gasteiger partial charge on any atom is 0.240 e. The molecule has 0 atom stereocenters. The van der Waals surface area contributed by atoms with Crippen LogP contribution in [0.15, 0.2) is 30.6 Å². The SMILES string of the molecule is COc1nccnc1-c1cc(O)cc(F)c1. The maximum atomic E-state index is 13.1. The highest BCUT2D eigenvalue weighted by atomic mass is 19.1. The van der Waals surface area contributed by atoms with Crippen molar-refractivity contribution in [2.24, 2.45) is 0 Å². The highest BCUT2D eigenvalue weighted by Gasteiger charge is 2.10. The zero-order valence-electron chi connectivity index (χ0n) is 8.51. The molecule has 1 aromatic carbocycles. The van der Waals surface area contributed by atoms with E-state index in [2.05, 4.69) is 9.97 Å². The second kappa shape index (κ2) is 4.14. The van der Waals surface area contributed by atoms with E-state index in [-0.39, 0.29) is 11.6 Å². The van der Waals surface area contributed by atoms with Crippen LogP contribution in [0.4, 0.5) is 4.39 Å². The monoisotopic (exact) mass is 220 g/mol. The number of benzene rings is 1. The van der Waals surface area contributed by atoms with Crippen molar-refractivity contribution < 1.29 is 14.2 Å². The van der Waals surface area contributed by atoms with Crippen LogP contribution in [0, 0.1) is 5.82 Å². The van der Waals surface area contributed by atoms with Gasteiger partial charge in [-0.1, -0.05) is 0 Å². The van der Waals surface area contributed by atoms with Crippen molar-refractivity contribution in [2.45, 2.75) is 0 Å². The van der Waals surface area contributed by atoms with Gasteiger partial charge in [0, 0.05) is 24.0 Å². The van der Waals surface area contributed by atoms with Crippen LogP contribution in [0.1, 0.15) is 0 Å². The van der Waals surface area contributed by atoms with E-state index in [0.29, 0.717) is 11.3 Å². The molecule has 0 aliphatic rings. The lowest BCUT2D eigenvalue weighted by atomic mass is 10.1. The molecular formula is C11H9FN2O2. The summed E-state index contributed by atoms with van der Waals surface area (Å²) in [4.78, 5) is 7.98. The van der Waals surface area contributed by atoms with Crippen molar-refractivity contribution in [2.75, 3.05) is 7.11 Å². The van der Waals surface area contributed by atoms with Crippen LogP contribution in [0.25, 0.3) is 11.3 Å². The summed E-state index contributed by atoms with van der Waals surface area (Å²) >= 11 is 0. The fourth-order valence-corrected chi connectivity index (χ4v) is 1.38. The lowest BCUT2D eigenvalue weighted by molar-refractivity contribution is 0.397. The van der Waals surface area contributed by atoms with Gasteiger partial charge in [0.2, 0.25) is 5.88 Å². The van der Waals surface area contributed by atoms with E-state index in [1.807, 2.05) is 0 Å². The standard InChI is InChI=1S/C11H9FN2O2/c1-16-11-10(13-2-3-14-11)7-4-8(12)6-9(15)5-7/h2-6,15H,1H3. The molecule has 0 unspecified atom stereocenters. The number of methoxy groups -OCH3 is 1. The number of phenols is 1. The molecule has 0 amide bonds. The van der Waals surface area contributed by atoms with Gasteiger partial charge in [-0.3, -0.25) is 0 Å². The quantitative estimate of drug-likeness (QED) is 0.840. The Hall–Kier alpha value is -2.17. The third kappa shape index (κ3) is 1.93. The van der Waals surface area contributed by atoms with Gasteiger partial charge in [-0.15, -0.1) is 0 Å². The van der Waals surface area contributed by atoms with E-state index in [9.17, 15) is 9.50 Å². The summed E-state index contributed by atoms with van der Waals surface area (Å²) < 4.78 is 18.1. The molecule has 0 saturated carbocycles. The fraction of sp³-hybridized carbons (Fsp3) is 0.0909. The Bertz CT molecular complexity index is 497. The van der Waals surface area contributed by atoms with Gasteiger partial charge >= 0.3 is 0 Å². The first-order valence-electron chi connectivity index (χ1n) is 4.55. The van der Waals surface area contributed by atoms with Crippen LogP contribution in [0.5, 0.6) is 11.6 Å². The Labute approximate surface area is 91.4 Å². The Morgan fingerprint density at radius 3 is 2.62 bits per heavy atom. The van der Waals surface area contributed by atoms with Crippen LogP contribution in [0.3, 0.4) is 0 Å². The van der Waals surface area contributed by atoms with E-state index in [0.717, 1.165) is 6.07 Å². The summed E-state index contributed by atoms with van der Waals surface area (Å²) in [5.74, 6) is -0.419. The number of halogens is 1. The molecule has 0 bridgehead atoms. The number of aromatic nitrogens is 2. The molecule has 1 aromatic heterocycles. The van der Waals surface area contributed by atoms with Crippen LogP contribution >= 0.6 is 0 Å². The van der Waals surface area contributed by atoms with Gasteiger partial charge in [-0.25, -0.2) is 14.4 Å². The number of nitrogens with zero attached hydrogens (tertiary/aromatic N) is 2. The summed E-state index contributed by atoms with van der Waals surface area (Å²) in [6.45, 7) is 0. The first-order chi connectivity index (χ1) is 7.70. The molecule has 0 fully saturated rings. The van der Waals surface area contributed by atoms with E-state index < -0.39 is 5.82 Å². The number of phenolic OH excluding ortho intramolecular Hbond substituents is 1. The molecule has 0 spiro atoms. The van der Waals surface area contributed by atoms with Crippen LogP contribution < -0.4 is 4.74 Å². The minimum Gasteiger partial charge on any atom is -0.508 e. The van der Waals surface area contributed by atoms with Crippen LogP contribution in [-0.4, -0.2) is 22.2 Å². The largest absolute Gasteiger partial charge is 0.508 e. The zero-order valence-corrected chi connectivity index (χ0v) is 8.51. The zero-order chi connectivity index (χ0) is 11.5. The first-order valence-corrected chi connectivity index (χ1v) is 4.55. The van der Waals surface area contributed by atoms with Crippen LogP contribution in [-0.2, 0) is 0 Å². The molecule has 16 heavy (non-hydrogen) atoms.